The van der Waals surface area contributed by atoms with E-state index in [4.69, 9.17) is 14.2 Å². The molecule has 6 nitrogen and oxygen atoms in total. The SMILES string of the molecule is O=C1C[C@H](c2ccc3c(c2)OCO3)c2c(ccc3nsnc23)O1. The minimum Gasteiger partial charge on any atom is -0.454 e. The summed E-state index contributed by atoms with van der Waals surface area (Å²) in [4.78, 5) is 12.0. The van der Waals surface area contributed by atoms with Gasteiger partial charge in [-0.15, -0.1) is 0 Å². The van der Waals surface area contributed by atoms with Crippen molar-refractivity contribution < 1.29 is 19.0 Å². The summed E-state index contributed by atoms with van der Waals surface area (Å²) in [6.07, 6.45) is 0.267. The molecule has 0 radical (unpaired) electrons. The van der Waals surface area contributed by atoms with Crippen LogP contribution in [0, 0.1) is 0 Å². The largest absolute Gasteiger partial charge is 0.454 e. The molecule has 23 heavy (non-hydrogen) atoms. The molecule has 0 amide bonds. The van der Waals surface area contributed by atoms with Crippen molar-refractivity contribution in [2.24, 2.45) is 0 Å². The Bertz CT molecular complexity index is 952. The van der Waals surface area contributed by atoms with Gasteiger partial charge in [-0.05, 0) is 29.8 Å². The summed E-state index contributed by atoms with van der Waals surface area (Å²) in [5, 5.41) is 0. The summed E-state index contributed by atoms with van der Waals surface area (Å²) in [5.41, 5.74) is 3.50. The third-order valence-corrected chi connectivity index (χ3v) is 4.71. The number of nitrogens with zero attached hydrogens (tertiary/aromatic N) is 2. The van der Waals surface area contributed by atoms with Gasteiger partial charge in [-0.25, -0.2) is 0 Å². The molecule has 2 aliphatic heterocycles. The summed E-state index contributed by atoms with van der Waals surface area (Å²) < 4.78 is 24.9. The van der Waals surface area contributed by atoms with E-state index in [1.807, 2.05) is 24.3 Å². The van der Waals surface area contributed by atoms with Crippen molar-refractivity contribution in [3.8, 4) is 17.2 Å². The van der Waals surface area contributed by atoms with E-state index in [-0.39, 0.29) is 25.1 Å². The molecule has 5 rings (SSSR count). The van der Waals surface area contributed by atoms with Crippen molar-refractivity contribution in [1.29, 1.82) is 0 Å². The maximum absolute atomic E-state index is 12.0. The fourth-order valence-corrected chi connectivity index (χ4v) is 3.68. The topological polar surface area (TPSA) is 70.5 Å². The van der Waals surface area contributed by atoms with E-state index in [2.05, 4.69) is 8.75 Å². The van der Waals surface area contributed by atoms with Crippen LogP contribution in [0.1, 0.15) is 23.5 Å². The molecule has 0 saturated carbocycles. The van der Waals surface area contributed by atoms with E-state index >= 15 is 0 Å². The molecule has 2 aromatic carbocycles. The van der Waals surface area contributed by atoms with Gasteiger partial charge in [0.05, 0.1) is 18.1 Å². The molecule has 3 heterocycles. The fourth-order valence-electron chi connectivity index (χ4n) is 3.13. The smallest absolute Gasteiger partial charge is 0.312 e. The number of benzene rings is 2. The Morgan fingerprint density at radius 2 is 1.91 bits per heavy atom. The highest BCUT2D eigenvalue weighted by Crippen LogP contribution is 2.44. The molecule has 1 atom stereocenters. The highest BCUT2D eigenvalue weighted by atomic mass is 32.1. The first-order valence-electron chi connectivity index (χ1n) is 7.15. The van der Waals surface area contributed by atoms with Crippen LogP contribution >= 0.6 is 11.7 Å². The highest BCUT2D eigenvalue weighted by molar-refractivity contribution is 7.00. The first-order valence-corrected chi connectivity index (χ1v) is 7.88. The van der Waals surface area contributed by atoms with Gasteiger partial charge in [-0.3, -0.25) is 4.79 Å². The molecule has 0 N–H and O–H groups in total. The summed E-state index contributed by atoms with van der Waals surface area (Å²) in [5.74, 6) is 1.60. The lowest BCUT2D eigenvalue weighted by Crippen LogP contribution is -2.21. The maximum atomic E-state index is 12.0. The van der Waals surface area contributed by atoms with E-state index < -0.39 is 0 Å². The third-order valence-electron chi connectivity index (χ3n) is 4.17. The number of rotatable bonds is 1. The van der Waals surface area contributed by atoms with Crippen LogP contribution in [0.25, 0.3) is 11.0 Å². The lowest BCUT2D eigenvalue weighted by Gasteiger charge is -2.25. The Morgan fingerprint density at radius 1 is 1.04 bits per heavy atom. The average Bonchev–Trinajstić information content (AvgIpc) is 3.21. The number of hydrogen-bond donors (Lipinski definition) is 0. The summed E-state index contributed by atoms with van der Waals surface area (Å²) in [6.45, 7) is 0.225. The van der Waals surface area contributed by atoms with Crippen LogP contribution in [0.4, 0.5) is 0 Å². The Morgan fingerprint density at radius 3 is 2.87 bits per heavy atom. The van der Waals surface area contributed by atoms with Crippen LogP contribution in [0.5, 0.6) is 17.2 Å². The predicted molar refractivity (Wildman–Crippen MR) is 82.1 cm³/mol. The van der Waals surface area contributed by atoms with E-state index in [1.165, 1.54) is 0 Å². The number of fused-ring (bicyclic) bond motifs is 4. The van der Waals surface area contributed by atoms with E-state index in [0.29, 0.717) is 11.5 Å². The predicted octanol–water partition coefficient (Wildman–Crippen LogP) is 2.86. The van der Waals surface area contributed by atoms with Gasteiger partial charge in [0.15, 0.2) is 11.5 Å². The zero-order chi connectivity index (χ0) is 15.4. The van der Waals surface area contributed by atoms with Crippen LogP contribution in [-0.4, -0.2) is 21.5 Å². The lowest BCUT2D eigenvalue weighted by molar-refractivity contribution is -0.135. The van der Waals surface area contributed by atoms with E-state index in [1.54, 1.807) is 6.07 Å². The molecule has 0 saturated heterocycles. The van der Waals surface area contributed by atoms with Crippen molar-refractivity contribution >= 4 is 28.7 Å². The minimum atomic E-state index is -0.247. The first kappa shape index (κ1) is 12.8. The number of carbonyl (C=O) groups excluding carboxylic acids is 1. The van der Waals surface area contributed by atoms with E-state index in [0.717, 1.165) is 39.6 Å². The van der Waals surface area contributed by atoms with Crippen LogP contribution in [-0.2, 0) is 4.79 Å². The number of esters is 1. The molecule has 0 unspecified atom stereocenters. The van der Waals surface area contributed by atoms with Gasteiger partial charge in [0, 0.05) is 11.5 Å². The Kier molecular flexibility index (Phi) is 2.60. The second-order valence-electron chi connectivity index (χ2n) is 5.45. The van der Waals surface area contributed by atoms with E-state index in [9.17, 15) is 4.79 Å². The van der Waals surface area contributed by atoms with Crippen LogP contribution in [0.3, 0.4) is 0 Å². The van der Waals surface area contributed by atoms with Gasteiger partial charge in [-0.1, -0.05) is 6.07 Å². The summed E-state index contributed by atoms with van der Waals surface area (Å²) >= 11 is 1.16. The normalized spacial score (nSPS) is 18.8. The molecule has 0 spiro atoms. The first-order chi connectivity index (χ1) is 11.3. The molecular weight excluding hydrogens is 316 g/mol. The molecule has 2 aliphatic rings. The number of carbonyl (C=O) groups is 1. The molecule has 0 fully saturated rings. The maximum Gasteiger partial charge on any atom is 0.312 e. The van der Waals surface area contributed by atoms with Crippen molar-refractivity contribution in [1.82, 2.24) is 8.75 Å². The van der Waals surface area contributed by atoms with Crippen molar-refractivity contribution in [2.75, 3.05) is 6.79 Å². The van der Waals surface area contributed by atoms with Gasteiger partial charge in [0.25, 0.3) is 0 Å². The van der Waals surface area contributed by atoms with Crippen molar-refractivity contribution in [3.63, 3.8) is 0 Å². The molecular formula is C16H10N2O4S. The van der Waals surface area contributed by atoms with Crippen LogP contribution in [0.15, 0.2) is 30.3 Å². The quantitative estimate of drug-likeness (QED) is 0.506. The second-order valence-corrected chi connectivity index (χ2v) is 5.98. The number of ether oxygens (including phenoxy) is 3. The number of hydrogen-bond acceptors (Lipinski definition) is 7. The average molecular weight is 326 g/mol. The monoisotopic (exact) mass is 326 g/mol. The fraction of sp³-hybridized carbons (Fsp3) is 0.188. The third kappa shape index (κ3) is 1.90. The van der Waals surface area contributed by atoms with Crippen molar-refractivity contribution in [3.05, 3.63) is 41.5 Å². The Hall–Kier alpha value is -2.67. The summed E-state index contributed by atoms with van der Waals surface area (Å²) in [6, 6.07) is 9.37. The number of aromatic nitrogens is 2. The van der Waals surface area contributed by atoms with Crippen LogP contribution < -0.4 is 14.2 Å². The molecule has 0 aliphatic carbocycles. The standard InChI is InChI=1S/C16H10N2O4S/c19-14-6-9(8-1-3-11-13(5-8)21-7-20-11)15-12(22-14)4-2-10-16(15)18-23-17-10/h1-5,9H,6-7H2/t9-/m1/s1. The van der Waals surface area contributed by atoms with Gasteiger partial charge < -0.3 is 14.2 Å². The minimum absolute atomic E-state index is 0.131. The lowest BCUT2D eigenvalue weighted by atomic mass is 9.85. The molecule has 3 aromatic rings. The molecule has 0 bridgehead atoms. The molecule has 1 aromatic heterocycles. The van der Waals surface area contributed by atoms with Gasteiger partial charge >= 0.3 is 5.97 Å². The van der Waals surface area contributed by atoms with Gasteiger partial charge in [0.1, 0.15) is 16.8 Å². The Balaban J connectivity index is 1.72. The zero-order valence-electron chi connectivity index (χ0n) is 11.8. The highest BCUT2D eigenvalue weighted by Gasteiger charge is 2.32. The summed E-state index contributed by atoms with van der Waals surface area (Å²) in [7, 11) is 0. The van der Waals surface area contributed by atoms with Crippen LogP contribution in [0.2, 0.25) is 0 Å². The van der Waals surface area contributed by atoms with Crippen molar-refractivity contribution in [2.45, 2.75) is 12.3 Å². The molecule has 7 heteroatoms. The van der Waals surface area contributed by atoms with Gasteiger partial charge in [0.2, 0.25) is 6.79 Å². The van der Waals surface area contributed by atoms with Gasteiger partial charge in [-0.2, -0.15) is 8.75 Å². The Labute approximate surface area is 134 Å². The second kappa shape index (κ2) is 4.66. The zero-order valence-corrected chi connectivity index (χ0v) is 12.6. The molecule has 114 valence electrons.